The first-order valence-corrected chi connectivity index (χ1v) is 9.81. The molecule has 3 aromatic rings. The van der Waals surface area contributed by atoms with Gasteiger partial charge in [0.25, 0.3) is 0 Å². The Morgan fingerprint density at radius 1 is 0.815 bits per heavy atom. The fourth-order valence-electron chi connectivity index (χ4n) is 2.40. The third-order valence-electron chi connectivity index (χ3n) is 3.77. The van der Waals surface area contributed by atoms with Crippen LogP contribution in [0.5, 0.6) is 0 Å². The third-order valence-corrected chi connectivity index (χ3v) is 5.16. The Morgan fingerprint density at radius 2 is 1.37 bits per heavy atom. The first kappa shape index (κ1) is 18.9. The van der Waals surface area contributed by atoms with Gasteiger partial charge in [-0.15, -0.1) is 0 Å². The summed E-state index contributed by atoms with van der Waals surface area (Å²) in [4.78, 5) is 12.3. The van der Waals surface area contributed by atoms with E-state index in [9.17, 15) is 13.2 Å². The SMILES string of the molecule is NS(=O)(=O)c1cc(C(=O)c2ccc(C#Cc3ccccc3)cc2)ccc1Cl. The zero-order valence-corrected chi connectivity index (χ0v) is 15.6. The molecule has 0 saturated heterocycles. The Morgan fingerprint density at radius 3 is 1.96 bits per heavy atom. The van der Waals surface area contributed by atoms with Gasteiger partial charge in [-0.1, -0.05) is 41.6 Å². The van der Waals surface area contributed by atoms with Crippen molar-refractivity contribution in [3.63, 3.8) is 0 Å². The quantitative estimate of drug-likeness (QED) is 0.543. The molecule has 2 N–H and O–H groups in total. The lowest BCUT2D eigenvalue weighted by Crippen LogP contribution is -2.14. The van der Waals surface area contributed by atoms with Crippen molar-refractivity contribution in [2.24, 2.45) is 5.14 Å². The number of halogens is 1. The van der Waals surface area contributed by atoms with E-state index >= 15 is 0 Å². The van der Waals surface area contributed by atoms with Gasteiger partial charge in [-0.2, -0.15) is 0 Å². The van der Waals surface area contributed by atoms with Crippen LogP contribution in [-0.2, 0) is 10.0 Å². The molecule has 27 heavy (non-hydrogen) atoms. The van der Waals surface area contributed by atoms with Crippen molar-refractivity contribution < 1.29 is 13.2 Å². The summed E-state index contributed by atoms with van der Waals surface area (Å²) < 4.78 is 23.1. The summed E-state index contributed by atoms with van der Waals surface area (Å²) in [5, 5.41) is 5.10. The lowest BCUT2D eigenvalue weighted by atomic mass is 10.0. The Balaban J connectivity index is 1.86. The van der Waals surface area contributed by atoms with Gasteiger partial charge < -0.3 is 0 Å². The predicted octanol–water partition coefficient (Wildman–Crippen LogP) is 3.62. The van der Waals surface area contributed by atoms with Gasteiger partial charge in [0.1, 0.15) is 4.90 Å². The van der Waals surface area contributed by atoms with Crippen LogP contribution in [0, 0.1) is 11.8 Å². The Hall–Kier alpha value is -2.91. The predicted molar refractivity (Wildman–Crippen MR) is 105 cm³/mol. The fraction of sp³-hybridized carbons (Fsp3) is 0. The van der Waals surface area contributed by atoms with Crippen LogP contribution >= 0.6 is 11.6 Å². The highest BCUT2D eigenvalue weighted by Gasteiger charge is 2.17. The molecule has 0 radical (unpaired) electrons. The van der Waals surface area contributed by atoms with Crippen LogP contribution in [0.4, 0.5) is 0 Å². The number of carbonyl (C=O) groups is 1. The molecule has 4 nitrogen and oxygen atoms in total. The van der Waals surface area contributed by atoms with Crippen molar-refractivity contribution in [1.29, 1.82) is 0 Å². The van der Waals surface area contributed by atoms with Crippen molar-refractivity contribution in [3.05, 3.63) is 100 Å². The highest BCUT2D eigenvalue weighted by atomic mass is 35.5. The highest BCUT2D eigenvalue weighted by Crippen LogP contribution is 2.23. The van der Waals surface area contributed by atoms with Gasteiger partial charge in [0.2, 0.25) is 10.0 Å². The summed E-state index contributed by atoms with van der Waals surface area (Å²) in [5.74, 6) is 5.74. The van der Waals surface area contributed by atoms with Crippen LogP contribution in [0.15, 0.2) is 77.7 Å². The van der Waals surface area contributed by atoms with E-state index in [1.54, 1.807) is 24.3 Å². The lowest BCUT2D eigenvalue weighted by Gasteiger charge is -2.06. The average Bonchev–Trinajstić information content (AvgIpc) is 2.66. The first-order chi connectivity index (χ1) is 12.8. The largest absolute Gasteiger partial charge is 0.289 e. The number of benzene rings is 3. The molecule has 134 valence electrons. The second kappa shape index (κ2) is 7.77. The molecule has 0 unspecified atom stereocenters. The smallest absolute Gasteiger partial charge is 0.239 e. The third kappa shape index (κ3) is 4.63. The summed E-state index contributed by atoms with van der Waals surface area (Å²) in [6, 6.07) is 20.3. The average molecular weight is 396 g/mol. The van der Waals surface area contributed by atoms with Gasteiger partial charge in [0.05, 0.1) is 5.02 Å². The molecule has 0 amide bonds. The van der Waals surface area contributed by atoms with Crippen LogP contribution in [-0.4, -0.2) is 14.2 Å². The van der Waals surface area contributed by atoms with Gasteiger partial charge >= 0.3 is 0 Å². The summed E-state index contributed by atoms with van der Waals surface area (Å²) in [6.45, 7) is 0. The minimum atomic E-state index is -4.01. The first-order valence-electron chi connectivity index (χ1n) is 7.89. The van der Waals surface area contributed by atoms with E-state index in [-0.39, 0.29) is 21.3 Å². The molecule has 0 fully saturated rings. The molecule has 3 rings (SSSR count). The normalized spacial score (nSPS) is 10.7. The van der Waals surface area contributed by atoms with Crippen molar-refractivity contribution in [2.45, 2.75) is 4.90 Å². The Bertz CT molecular complexity index is 1160. The van der Waals surface area contributed by atoms with Crippen molar-refractivity contribution in [1.82, 2.24) is 0 Å². The molecule has 0 bridgehead atoms. The zero-order chi connectivity index (χ0) is 19.4. The number of hydrogen-bond donors (Lipinski definition) is 1. The minimum Gasteiger partial charge on any atom is -0.289 e. The molecule has 6 heteroatoms. The van der Waals surface area contributed by atoms with E-state index in [1.807, 2.05) is 30.3 Å². The van der Waals surface area contributed by atoms with E-state index in [0.717, 1.165) is 11.1 Å². The molecule has 0 atom stereocenters. The standard InChI is InChI=1S/C21H14ClNO3S/c22-19-13-12-18(14-20(19)27(23,25)26)21(24)17-10-8-16(9-11-17)7-6-15-4-2-1-3-5-15/h1-5,8-14H,(H2,23,25,26). The second-order valence-corrected chi connectivity index (χ2v) is 7.65. The zero-order valence-electron chi connectivity index (χ0n) is 14.0. The monoisotopic (exact) mass is 395 g/mol. The Labute approximate surface area is 162 Å². The van der Waals surface area contributed by atoms with Crippen molar-refractivity contribution in [2.75, 3.05) is 0 Å². The topological polar surface area (TPSA) is 77.2 Å². The molecule has 0 aliphatic rings. The minimum absolute atomic E-state index is 0.0272. The van der Waals surface area contributed by atoms with E-state index in [1.165, 1.54) is 18.2 Å². The fourth-order valence-corrected chi connectivity index (χ4v) is 3.47. The lowest BCUT2D eigenvalue weighted by molar-refractivity contribution is 0.103. The number of carbonyl (C=O) groups excluding carboxylic acids is 1. The van der Waals surface area contributed by atoms with Crippen LogP contribution in [0.2, 0.25) is 5.02 Å². The number of rotatable bonds is 3. The maximum Gasteiger partial charge on any atom is 0.239 e. The van der Waals surface area contributed by atoms with E-state index in [2.05, 4.69) is 11.8 Å². The Kier molecular flexibility index (Phi) is 5.43. The molecule has 0 aromatic heterocycles. The number of hydrogen-bond acceptors (Lipinski definition) is 3. The molecule has 0 heterocycles. The molecule has 3 aromatic carbocycles. The second-order valence-electron chi connectivity index (χ2n) is 5.71. The van der Waals surface area contributed by atoms with Gasteiger partial charge in [-0.3, -0.25) is 4.79 Å². The number of ketones is 1. The highest BCUT2D eigenvalue weighted by molar-refractivity contribution is 7.89. The molecule has 0 aliphatic heterocycles. The summed E-state index contributed by atoms with van der Waals surface area (Å²) in [7, 11) is -4.01. The molecule has 0 spiro atoms. The van der Waals surface area contributed by atoms with Gasteiger partial charge in [0.15, 0.2) is 5.78 Å². The number of primary sulfonamides is 1. The van der Waals surface area contributed by atoms with Crippen LogP contribution in [0.3, 0.4) is 0 Å². The van der Waals surface area contributed by atoms with Gasteiger partial charge in [0, 0.05) is 22.3 Å². The van der Waals surface area contributed by atoms with Crippen molar-refractivity contribution >= 4 is 27.4 Å². The van der Waals surface area contributed by atoms with Crippen molar-refractivity contribution in [3.8, 4) is 11.8 Å². The molecular formula is C21H14ClNO3S. The molecule has 0 aliphatic carbocycles. The maximum absolute atomic E-state index is 12.6. The van der Waals surface area contributed by atoms with Gasteiger partial charge in [-0.25, -0.2) is 13.6 Å². The van der Waals surface area contributed by atoms with Crippen LogP contribution in [0.25, 0.3) is 0 Å². The number of nitrogens with two attached hydrogens (primary N) is 1. The van der Waals surface area contributed by atoms with Crippen LogP contribution in [0.1, 0.15) is 27.0 Å². The summed E-state index contributed by atoms with van der Waals surface area (Å²) >= 11 is 5.85. The molecule has 0 saturated carbocycles. The maximum atomic E-state index is 12.6. The van der Waals surface area contributed by atoms with Crippen LogP contribution < -0.4 is 5.14 Å². The van der Waals surface area contributed by atoms with Gasteiger partial charge in [-0.05, 0) is 54.6 Å². The van der Waals surface area contributed by atoms with E-state index < -0.39 is 10.0 Å². The summed E-state index contributed by atoms with van der Waals surface area (Å²) in [5.41, 5.74) is 2.25. The number of sulfonamides is 1. The van der Waals surface area contributed by atoms with E-state index in [4.69, 9.17) is 16.7 Å². The molecular weight excluding hydrogens is 382 g/mol. The summed E-state index contributed by atoms with van der Waals surface area (Å²) in [6.07, 6.45) is 0. The van der Waals surface area contributed by atoms with E-state index in [0.29, 0.717) is 5.56 Å².